The highest BCUT2D eigenvalue weighted by molar-refractivity contribution is 7.21. The van der Waals surface area contributed by atoms with E-state index in [1.165, 1.54) is 11.3 Å². The van der Waals surface area contributed by atoms with E-state index in [9.17, 15) is 4.79 Å². The molecule has 0 aliphatic carbocycles. The van der Waals surface area contributed by atoms with E-state index in [0.29, 0.717) is 16.2 Å². The zero-order valence-corrected chi connectivity index (χ0v) is 15.0. The number of aromatic nitrogens is 1. The Balaban J connectivity index is 1.82. The summed E-state index contributed by atoms with van der Waals surface area (Å²) in [5, 5.41) is 1.60. The third kappa shape index (κ3) is 2.91. The van der Waals surface area contributed by atoms with Crippen LogP contribution in [-0.2, 0) is 0 Å². The van der Waals surface area contributed by atoms with E-state index < -0.39 is 0 Å². The van der Waals surface area contributed by atoms with Crippen LogP contribution >= 0.6 is 11.3 Å². The van der Waals surface area contributed by atoms with Crippen molar-refractivity contribution in [3.8, 4) is 10.6 Å². The predicted octanol–water partition coefficient (Wildman–Crippen LogP) is 4.92. The molecular weight excluding hydrogens is 332 g/mol. The molecule has 0 amide bonds. The van der Waals surface area contributed by atoms with Crippen molar-refractivity contribution in [2.45, 2.75) is 13.3 Å². The Kier molecular flexibility index (Phi) is 4.01. The SMILES string of the molecule is CCCN(C)c1ccc2cc(-c3nc4ccccc4s3)c(=O)oc2c1. The number of benzene rings is 2. The third-order valence-corrected chi connectivity index (χ3v) is 5.31. The molecule has 25 heavy (non-hydrogen) atoms. The van der Waals surface area contributed by atoms with Crippen LogP contribution in [0, 0.1) is 0 Å². The average Bonchev–Trinajstić information content (AvgIpc) is 3.04. The van der Waals surface area contributed by atoms with Gasteiger partial charge in [0, 0.05) is 30.7 Å². The zero-order chi connectivity index (χ0) is 17.4. The van der Waals surface area contributed by atoms with Crippen LogP contribution in [0.4, 0.5) is 5.69 Å². The van der Waals surface area contributed by atoms with Crippen molar-refractivity contribution in [1.82, 2.24) is 4.98 Å². The summed E-state index contributed by atoms with van der Waals surface area (Å²) in [6.45, 7) is 3.10. The molecule has 2 aromatic carbocycles. The van der Waals surface area contributed by atoms with Crippen LogP contribution in [0.25, 0.3) is 31.8 Å². The van der Waals surface area contributed by atoms with Gasteiger partial charge in [0.25, 0.3) is 0 Å². The molecule has 0 spiro atoms. The van der Waals surface area contributed by atoms with E-state index in [1.54, 1.807) is 0 Å². The lowest BCUT2D eigenvalue weighted by Crippen LogP contribution is -2.17. The van der Waals surface area contributed by atoms with Gasteiger partial charge in [-0.3, -0.25) is 0 Å². The Hall–Kier alpha value is -2.66. The molecule has 5 heteroatoms. The minimum atomic E-state index is -0.346. The van der Waals surface area contributed by atoms with Gasteiger partial charge in [-0.15, -0.1) is 11.3 Å². The molecule has 4 rings (SSSR count). The van der Waals surface area contributed by atoms with Gasteiger partial charge in [-0.1, -0.05) is 19.1 Å². The topological polar surface area (TPSA) is 46.3 Å². The van der Waals surface area contributed by atoms with Gasteiger partial charge in [0.2, 0.25) is 0 Å². The van der Waals surface area contributed by atoms with E-state index >= 15 is 0 Å². The zero-order valence-electron chi connectivity index (χ0n) is 14.2. The van der Waals surface area contributed by atoms with E-state index in [2.05, 4.69) is 22.9 Å². The van der Waals surface area contributed by atoms with Crippen LogP contribution in [0.2, 0.25) is 0 Å². The number of thiazole rings is 1. The van der Waals surface area contributed by atoms with Crippen LogP contribution in [0.3, 0.4) is 0 Å². The Bertz CT molecular complexity index is 1080. The van der Waals surface area contributed by atoms with Crippen LogP contribution in [0.1, 0.15) is 13.3 Å². The molecule has 0 atom stereocenters. The maximum Gasteiger partial charge on any atom is 0.346 e. The van der Waals surface area contributed by atoms with Crippen molar-refractivity contribution in [1.29, 1.82) is 0 Å². The van der Waals surface area contributed by atoms with Gasteiger partial charge in [0.15, 0.2) is 0 Å². The Morgan fingerprint density at radius 3 is 2.80 bits per heavy atom. The van der Waals surface area contributed by atoms with Gasteiger partial charge in [0.1, 0.15) is 10.6 Å². The summed E-state index contributed by atoms with van der Waals surface area (Å²) in [6, 6.07) is 15.7. The summed E-state index contributed by atoms with van der Waals surface area (Å²) in [5.41, 5.74) is 2.73. The molecule has 0 aliphatic rings. The molecule has 0 bridgehead atoms. The molecule has 0 radical (unpaired) electrons. The Labute approximate surface area is 149 Å². The van der Waals surface area contributed by atoms with Gasteiger partial charge in [-0.05, 0) is 36.8 Å². The molecule has 0 aliphatic heterocycles. The van der Waals surface area contributed by atoms with E-state index in [0.717, 1.165) is 34.3 Å². The Morgan fingerprint density at radius 2 is 2.00 bits per heavy atom. The molecular formula is C20H18N2O2S. The number of anilines is 1. The van der Waals surface area contributed by atoms with Gasteiger partial charge in [-0.25, -0.2) is 9.78 Å². The number of para-hydroxylation sites is 1. The van der Waals surface area contributed by atoms with Gasteiger partial charge < -0.3 is 9.32 Å². The van der Waals surface area contributed by atoms with Crippen LogP contribution < -0.4 is 10.5 Å². The summed E-state index contributed by atoms with van der Waals surface area (Å²) < 4.78 is 6.66. The smallest absolute Gasteiger partial charge is 0.346 e. The number of hydrogen-bond acceptors (Lipinski definition) is 5. The standard InChI is InChI=1S/C20H18N2O2S/c1-3-10-22(2)14-9-8-13-11-15(20(23)24-17(13)12-14)19-21-16-6-4-5-7-18(16)25-19/h4-9,11-12H,3,10H2,1-2H3. The van der Waals surface area contributed by atoms with Crippen molar-refractivity contribution >= 4 is 38.2 Å². The van der Waals surface area contributed by atoms with Crippen LogP contribution in [0.15, 0.2) is 57.7 Å². The minimum absolute atomic E-state index is 0.346. The van der Waals surface area contributed by atoms with Gasteiger partial charge in [-0.2, -0.15) is 0 Å². The number of rotatable bonds is 4. The number of fused-ring (bicyclic) bond motifs is 2. The lowest BCUT2D eigenvalue weighted by atomic mass is 10.1. The first-order valence-electron chi connectivity index (χ1n) is 8.30. The van der Waals surface area contributed by atoms with Gasteiger partial charge in [0.05, 0.1) is 15.8 Å². The second-order valence-corrected chi connectivity index (χ2v) is 7.11. The van der Waals surface area contributed by atoms with Crippen molar-refractivity contribution in [3.05, 3.63) is 59.0 Å². The van der Waals surface area contributed by atoms with Crippen LogP contribution in [-0.4, -0.2) is 18.6 Å². The molecule has 0 saturated carbocycles. The second kappa shape index (κ2) is 6.33. The fourth-order valence-corrected chi connectivity index (χ4v) is 3.91. The largest absolute Gasteiger partial charge is 0.422 e. The molecule has 0 saturated heterocycles. The molecule has 2 heterocycles. The maximum absolute atomic E-state index is 12.5. The van der Waals surface area contributed by atoms with Crippen molar-refractivity contribution < 1.29 is 4.42 Å². The fourth-order valence-electron chi connectivity index (χ4n) is 2.94. The first-order valence-corrected chi connectivity index (χ1v) is 9.12. The molecule has 126 valence electrons. The average molecular weight is 350 g/mol. The number of hydrogen-bond donors (Lipinski definition) is 0. The maximum atomic E-state index is 12.5. The third-order valence-electron chi connectivity index (χ3n) is 4.24. The normalized spacial score (nSPS) is 11.3. The molecule has 0 N–H and O–H groups in total. The first kappa shape index (κ1) is 15.8. The highest BCUT2D eigenvalue weighted by Gasteiger charge is 2.13. The van der Waals surface area contributed by atoms with Crippen molar-refractivity contribution in [3.63, 3.8) is 0 Å². The lowest BCUT2D eigenvalue weighted by Gasteiger charge is -2.18. The summed E-state index contributed by atoms with van der Waals surface area (Å²) in [4.78, 5) is 19.2. The predicted molar refractivity (Wildman–Crippen MR) is 105 cm³/mol. The molecule has 0 fully saturated rings. The van der Waals surface area contributed by atoms with Crippen molar-refractivity contribution in [2.24, 2.45) is 0 Å². The first-order chi connectivity index (χ1) is 12.2. The summed E-state index contributed by atoms with van der Waals surface area (Å²) in [7, 11) is 2.04. The highest BCUT2D eigenvalue weighted by Crippen LogP contribution is 2.30. The summed E-state index contributed by atoms with van der Waals surface area (Å²) in [5.74, 6) is 0. The van der Waals surface area contributed by atoms with E-state index in [4.69, 9.17) is 4.42 Å². The summed E-state index contributed by atoms with van der Waals surface area (Å²) in [6.07, 6.45) is 1.06. The van der Waals surface area contributed by atoms with Crippen LogP contribution in [0.5, 0.6) is 0 Å². The van der Waals surface area contributed by atoms with E-state index in [-0.39, 0.29) is 5.63 Å². The second-order valence-electron chi connectivity index (χ2n) is 6.08. The molecule has 4 nitrogen and oxygen atoms in total. The molecule has 2 aromatic heterocycles. The highest BCUT2D eigenvalue weighted by atomic mass is 32.1. The minimum Gasteiger partial charge on any atom is -0.422 e. The van der Waals surface area contributed by atoms with Gasteiger partial charge >= 0.3 is 5.63 Å². The monoisotopic (exact) mass is 350 g/mol. The molecule has 0 unspecified atom stereocenters. The lowest BCUT2D eigenvalue weighted by molar-refractivity contribution is 0.563. The molecule has 4 aromatic rings. The fraction of sp³-hybridized carbons (Fsp3) is 0.200. The summed E-state index contributed by atoms with van der Waals surface area (Å²) >= 11 is 1.51. The quantitative estimate of drug-likeness (QED) is 0.490. The van der Waals surface area contributed by atoms with Crippen molar-refractivity contribution in [2.75, 3.05) is 18.5 Å². The Morgan fingerprint density at radius 1 is 1.16 bits per heavy atom. The number of nitrogens with zero attached hydrogens (tertiary/aromatic N) is 2. The van der Waals surface area contributed by atoms with E-state index in [1.807, 2.05) is 49.5 Å².